The minimum absolute atomic E-state index is 0.962. The first-order chi connectivity index (χ1) is 7.86. The van der Waals surface area contributed by atoms with E-state index in [0.29, 0.717) is 0 Å². The zero-order chi connectivity index (χ0) is 11.2. The van der Waals surface area contributed by atoms with E-state index in [9.17, 15) is 0 Å². The van der Waals surface area contributed by atoms with Crippen LogP contribution < -0.4 is 0 Å². The van der Waals surface area contributed by atoms with Gasteiger partial charge in [-0.05, 0) is 50.9 Å². The Hall–Kier alpha value is -0.260. The van der Waals surface area contributed by atoms with Crippen molar-refractivity contribution >= 4 is 0 Å². The Morgan fingerprint density at radius 1 is 0.688 bits per heavy atom. The van der Waals surface area contributed by atoms with Crippen LogP contribution in [0.5, 0.6) is 0 Å². The molecule has 0 fully saturated rings. The summed E-state index contributed by atoms with van der Waals surface area (Å²) in [6, 6.07) is 0. The molecule has 0 heterocycles. The summed E-state index contributed by atoms with van der Waals surface area (Å²) in [6.45, 7) is 2.44. The van der Waals surface area contributed by atoms with Gasteiger partial charge in [-0.3, -0.25) is 0 Å². The Balaban J connectivity index is 1.97. The summed E-state index contributed by atoms with van der Waals surface area (Å²) >= 11 is 0. The van der Waals surface area contributed by atoms with Crippen LogP contribution in [0.1, 0.15) is 84.0 Å². The molecule has 0 aromatic carbocycles. The van der Waals surface area contributed by atoms with Gasteiger partial charge in [0.05, 0.1) is 0 Å². The Labute approximate surface area is 102 Å². The normalized spacial score (nSPS) is 29.4. The standard InChI is InChI=1S/C16H28/c1-14-11-12-15-9-7-5-3-2-4-6-8-10-16(15)13-14/h14H,2-13H2,1H3/t14-/m1/s1. The molecule has 0 heteroatoms. The van der Waals surface area contributed by atoms with E-state index in [0.717, 1.165) is 5.92 Å². The summed E-state index contributed by atoms with van der Waals surface area (Å²) in [5, 5.41) is 0. The average Bonchev–Trinajstić information content (AvgIpc) is 2.33. The van der Waals surface area contributed by atoms with E-state index in [1.165, 1.54) is 77.0 Å². The summed E-state index contributed by atoms with van der Waals surface area (Å²) in [6.07, 6.45) is 17.5. The maximum absolute atomic E-state index is 2.44. The summed E-state index contributed by atoms with van der Waals surface area (Å²) in [4.78, 5) is 0. The van der Waals surface area contributed by atoms with Crippen molar-refractivity contribution in [2.75, 3.05) is 0 Å². The molecule has 0 spiro atoms. The lowest BCUT2D eigenvalue weighted by molar-refractivity contribution is 0.471. The molecule has 2 aliphatic rings. The molecular formula is C16H28. The lowest BCUT2D eigenvalue weighted by atomic mass is 9.81. The molecule has 0 nitrogen and oxygen atoms in total. The van der Waals surface area contributed by atoms with Crippen LogP contribution in [0, 0.1) is 5.92 Å². The monoisotopic (exact) mass is 220 g/mol. The van der Waals surface area contributed by atoms with Crippen LogP contribution in [-0.4, -0.2) is 0 Å². The molecule has 0 unspecified atom stereocenters. The first kappa shape index (κ1) is 12.2. The van der Waals surface area contributed by atoms with Gasteiger partial charge in [-0.25, -0.2) is 0 Å². The zero-order valence-electron chi connectivity index (χ0n) is 11.1. The van der Waals surface area contributed by atoms with Crippen molar-refractivity contribution in [3.63, 3.8) is 0 Å². The van der Waals surface area contributed by atoms with Crippen molar-refractivity contribution in [3.8, 4) is 0 Å². The molecule has 0 bridgehead atoms. The van der Waals surface area contributed by atoms with E-state index in [2.05, 4.69) is 6.92 Å². The smallest absolute Gasteiger partial charge is 0.0292 e. The van der Waals surface area contributed by atoms with Crippen molar-refractivity contribution < 1.29 is 0 Å². The van der Waals surface area contributed by atoms with Gasteiger partial charge in [0, 0.05) is 0 Å². The molecule has 2 aliphatic carbocycles. The Kier molecular flexibility index (Phi) is 4.93. The van der Waals surface area contributed by atoms with E-state index in [1.54, 1.807) is 0 Å². The summed E-state index contributed by atoms with van der Waals surface area (Å²) in [5.41, 5.74) is 3.75. The highest BCUT2D eigenvalue weighted by molar-refractivity contribution is 5.18. The van der Waals surface area contributed by atoms with Crippen LogP contribution in [0.15, 0.2) is 11.1 Å². The second-order valence-corrected chi connectivity index (χ2v) is 6.03. The predicted molar refractivity (Wildman–Crippen MR) is 71.6 cm³/mol. The van der Waals surface area contributed by atoms with Gasteiger partial charge in [-0.2, -0.15) is 0 Å². The largest absolute Gasteiger partial charge is 0.0710 e. The Bertz CT molecular complexity index is 236. The van der Waals surface area contributed by atoms with E-state index in [4.69, 9.17) is 0 Å². The third-order valence-electron chi connectivity index (χ3n) is 4.49. The number of hydrogen-bond donors (Lipinski definition) is 0. The van der Waals surface area contributed by atoms with Gasteiger partial charge in [0.2, 0.25) is 0 Å². The molecule has 0 amide bonds. The highest BCUT2D eigenvalue weighted by atomic mass is 14.2. The van der Waals surface area contributed by atoms with Crippen molar-refractivity contribution in [1.82, 2.24) is 0 Å². The zero-order valence-corrected chi connectivity index (χ0v) is 11.1. The van der Waals surface area contributed by atoms with Crippen LogP contribution in [-0.2, 0) is 0 Å². The molecule has 0 saturated heterocycles. The molecule has 0 aromatic heterocycles. The van der Waals surface area contributed by atoms with Crippen LogP contribution in [0.4, 0.5) is 0 Å². The number of allylic oxidation sites excluding steroid dienone is 2. The second-order valence-electron chi connectivity index (χ2n) is 6.03. The molecular weight excluding hydrogens is 192 g/mol. The number of hydrogen-bond acceptors (Lipinski definition) is 0. The maximum atomic E-state index is 2.44. The highest BCUT2D eigenvalue weighted by Crippen LogP contribution is 2.35. The lowest BCUT2D eigenvalue weighted by Crippen LogP contribution is -2.08. The molecule has 16 heavy (non-hydrogen) atoms. The minimum atomic E-state index is 0.962. The molecule has 2 rings (SSSR count). The molecule has 1 atom stereocenters. The first-order valence-electron chi connectivity index (χ1n) is 7.56. The van der Waals surface area contributed by atoms with Gasteiger partial charge in [0.25, 0.3) is 0 Å². The van der Waals surface area contributed by atoms with Gasteiger partial charge in [0.1, 0.15) is 0 Å². The number of rotatable bonds is 0. The quantitative estimate of drug-likeness (QED) is 0.464. The van der Waals surface area contributed by atoms with Crippen LogP contribution in [0.25, 0.3) is 0 Å². The third-order valence-corrected chi connectivity index (χ3v) is 4.49. The second kappa shape index (κ2) is 6.47. The van der Waals surface area contributed by atoms with Crippen LogP contribution >= 0.6 is 0 Å². The lowest BCUT2D eigenvalue weighted by Gasteiger charge is -2.25. The SMILES string of the molecule is C[C@@H]1CCC2=C(CCCCCCCCC2)C1. The summed E-state index contributed by atoms with van der Waals surface area (Å²) in [5.74, 6) is 0.962. The summed E-state index contributed by atoms with van der Waals surface area (Å²) in [7, 11) is 0. The van der Waals surface area contributed by atoms with Crippen molar-refractivity contribution in [2.24, 2.45) is 5.92 Å². The fraction of sp³-hybridized carbons (Fsp3) is 0.875. The van der Waals surface area contributed by atoms with Crippen molar-refractivity contribution in [3.05, 3.63) is 11.1 Å². The first-order valence-corrected chi connectivity index (χ1v) is 7.56. The summed E-state index contributed by atoms with van der Waals surface area (Å²) < 4.78 is 0. The van der Waals surface area contributed by atoms with Gasteiger partial charge < -0.3 is 0 Å². The van der Waals surface area contributed by atoms with E-state index in [-0.39, 0.29) is 0 Å². The van der Waals surface area contributed by atoms with Crippen LogP contribution in [0.3, 0.4) is 0 Å². The highest BCUT2D eigenvalue weighted by Gasteiger charge is 2.17. The molecule has 92 valence electrons. The Morgan fingerprint density at radius 3 is 1.94 bits per heavy atom. The molecule has 0 radical (unpaired) electrons. The van der Waals surface area contributed by atoms with E-state index >= 15 is 0 Å². The van der Waals surface area contributed by atoms with E-state index < -0.39 is 0 Å². The van der Waals surface area contributed by atoms with E-state index in [1.807, 2.05) is 11.1 Å². The van der Waals surface area contributed by atoms with Crippen molar-refractivity contribution in [1.29, 1.82) is 0 Å². The molecule has 0 aromatic rings. The fourth-order valence-electron chi connectivity index (χ4n) is 3.41. The van der Waals surface area contributed by atoms with Gasteiger partial charge in [0.15, 0.2) is 0 Å². The third kappa shape index (κ3) is 3.64. The van der Waals surface area contributed by atoms with Crippen LogP contribution in [0.2, 0.25) is 0 Å². The topological polar surface area (TPSA) is 0 Å². The molecule has 0 saturated carbocycles. The van der Waals surface area contributed by atoms with Crippen molar-refractivity contribution in [2.45, 2.75) is 84.0 Å². The van der Waals surface area contributed by atoms with Gasteiger partial charge in [-0.1, -0.05) is 50.2 Å². The minimum Gasteiger partial charge on any atom is -0.0710 e. The van der Waals surface area contributed by atoms with Gasteiger partial charge >= 0.3 is 0 Å². The fourth-order valence-corrected chi connectivity index (χ4v) is 3.41. The average molecular weight is 220 g/mol. The maximum Gasteiger partial charge on any atom is -0.0292 e. The van der Waals surface area contributed by atoms with Gasteiger partial charge in [-0.15, -0.1) is 0 Å². The molecule has 0 aliphatic heterocycles. The predicted octanol–water partition coefficient (Wildman–Crippen LogP) is 5.63. The molecule has 0 N–H and O–H groups in total. The Morgan fingerprint density at radius 2 is 1.25 bits per heavy atom.